The maximum absolute atomic E-state index is 12.5. The summed E-state index contributed by atoms with van der Waals surface area (Å²) in [6.45, 7) is 3.91. The summed E-state index contributed by atoms with van der Waals surface area (Å²) in [4.78, 5) is 29.8. The molecule has 1 aliphatic carbocycles. The number of rotatable bonds is 4. The van der Waals surface area contributed by atoms with E-state index in [4.69, 9.17) is 10.00 Å². The van der Waals surface area contributed by atoms with Gasteiger partial charge in [-0.05, 0) is 51.0 Å². The molecule has 1 aromatic heterocycles. The van der Waals surface area contributed by atoms with Gasteiger partial charge in [0.2, 0.25) is 0 Å². The van der Waals surface area contributed by atoms with Gasteiger partial charge in [0.05, 0.1) is 18.2 Å². The van der Waals surface area contributed by atoms with Crippen LogP contribution in [0.5, 0.6) is 0 Å². The van der Waals surface area contributed by atoms with E-state index in [1.807, 2.05) is 17.6 Å². The monoisotopic (exact) mass is 355 g/mol. The van der Waals surface area contributed by atoms with E-state index in [1.165, 1.54) is 11.3 Å². The van der Waals surface area contributed by atoms with Crippen LogP contribution in [0.1, 0.15) is 57.1 Å². The predicted octanol–water partition coefficient (Wildman–Crippen LogP) is 2.98. The molecular weight excluding hydrogens is 338 g/mol. The van der Waals surface area contributed by atoms with E-state index in [0.29, 0.717) is 27.4 Å². The van der Waals surface area contributed by atoms with Gasteiger partial charge in [-0.15, -0.1) is 0 Å². The molecule has 2 aromatic rings. The Morgan fingerprint density at radius 1 is 1.36 bits per heavy atom. The van der Waals surface area contributed by atoms with E-state index in [1.54, 1.807) is 31.2 Å². The van der Waals surface area contributed by atoms with E-state index in [2.05, 4.69) is 4.99 Å². The number of benzene rings is 1. The van der Waals surface area contributed by atoms with E-state index >= 15 is 0 Å². The number of esters is 1. The van der Waals surface area contributed by atoms with Crippen LogP contribution in [-0.2, 0) is 4.74 Å². The van der Waals surface area contributed by atoms with Gasteiger partial charge in [0.25, 0.3) is 5.91 Å². The average Bonchev–Trinajstić information content (AvgIpc) is 3.39. The lowest BCUT2D eigenvalue weighted by atomic mass is 10.1. The second kappa shape index (κ2) is 7.03. The van der Waals surface area contributed by atoms with Crippen LogP contribution in [-0.4, -0.2) is 23.1 Å². The standard InChI is InChI=1S/C18H17N3O3S/c1-3-24-17(23)15-11(2)21(14-8-9-14)18(25-15)20-16(22)13-6-4-12(10-19)5-7-13/h4-7,14H,3,8-9H2,1-2H3. The molecule has 0 bridgehead atoms. The second-order valence-electron chi connectivity index (χ2n) is 5.73. The summed E-state index contributed by atoms with van der Waals surface area (Å²) in [5, 5.41) is 8.83. The van der Waals surface area contributed by atoms with Crippen molar-refractivity contribution in [2.24, 2.45) is 4.99 Å². The molecule has 0 aliphatic heterocycles. The minimum atomic E-state index is -0.393. The van der Waals surface area contributed by atoms with Crippen LogP contribution in [0.25, 0.3) is 0 Å². The van der Waals surface area contributed by atoms with Gasteiger partial charge in [0, 0.05) is 17.3 Å². The zero-order valence-electron chi connectivity index (χ0n) is 14.0. The molecule has 6 nitrogen and oxygen atoms in total. The van der Waals surface area contributed by atoms with E-state index in [0.717, 1.165) is 18.5 Å². The van der Waals surface area contributed by atoms with Crippen LogP contribution in [0.2, 0.25) is 0 Å². The van der Waals surface area contributed by atoms with Crippen molar-refractivity contribution in [1.29, 1.82) is 5.26 Å². The van der Waals surface area contributed by atoms with Crippen molar-refractivity contribution in [2.45, 2.75) is 32.7 Å². The third kappa shape index (κ3) is 3.54. The molecule has 3 rings (SSSR count). The number of carbonyl (C=O) groups is 2. The van der Waals surface area contributed by atoms with Crippen molar-refractivity contribution in [3.8, 4) is 6.07 Å². The molecule has 0 atom stereocenters. The lowest BCUT2D eigenvalue weighted by Gasteiger charge is -2.04. The van der Waals surface area contributed by atoms with Gasteiger partial charge >= 0.3 is 5.97 Å². The highest BCUT2D eigenvalue weighted by Gasteiger charge is 2.29. The summed E-state index contributed by atoms with van der Waals surface area (Å²) in [7, 11) is 0. The first-order valence-electron chi connectivity index (χ1n) is 8.03. The molecule has 1 aliphatic rings. The Balaban J connectivity index is 2.01. The van der Waals surface area contributed by atoms with Crippen LogP contribution < -0.4 is 4.80 Å². The molecule has 0 N–H and O–H groups in total. The Labute approximate surface area is 149 Å². The Hall–Kier alpha value is -2.72. The molecule has 0 radical (unpaired) electrons. The molecule has 1 saturated carbocycles. The Morgan fingerprint density at radius 3 is 2.60 bits per heavy atom. The summed E-state index contributed by atoms with van der Waals surface area (Å²) in [6.07, 6.45) is 2.02. The highest BCUT2D eigenvalue weighted by atomic mass is 32.1. The van der Waals surface area contributed by atoms with Crippen LogP contribution in [0, 0.1) is 18.3 Å². The van der Waals surface area contributed by atoms with Crippen molar-refractivity contribution in [3.63, 3.8) is 0 Å². The average molecular weight is 355 g/mol. The lowest BCUT2D eigenvalue weighted by Crippen LogP contribution is -2.17. The van der Waals surface area contributed by atoms with Crippen LogP contribution in [0.4, 0.5) is 0 Å². The Bertz CT molecular complexity index is 928. The zero-order valence-corrected chi connectivity index (χ0v) is 14.8. The molecular formula is C18H17N3O3S. The van der Waals surface area contributed by atoms with E-state index in [9.17, 15) is 9.59 Å². The minimum absolute atomic E-state index is 0.284. The highest BCUT2D eigenvalue weighted by Crippen LogP contribution is 2.36. The molecule has 0 saturated heterocycles. The smallest absolute Gasteiger partial charge is 0.350 e. The molecule has 0 spiro atoms. The number of carbonyl (C=O) groups excluding carboxylic acids is 2. The topological polar surface area (TPSA) is 84.4 Å². The molecule has 7 heteroatoms. The maximum Gasteiger partial charge on any atom is 0.350 e. The van der Waals surface area contributed by atoms with Gasteiger partial charge in [-0.25, -0.2) is 4.79 Å². The third-order valence-corrected chi connectivity index (χ3v) is 5.06. The Kier molecular flexibility index (Phi) is 4.81. The number of hydrogen-bond donors (Lipinski definition) is 0. The van der Waals surface area contributed by atoms with Crippen LogP contribution in [0.3, 0.4) is 0 Å². The van der Waals surface area contributed by atoms with Gasteiger partial charge in [-0.1, -0.05) is 11.3 Å². The van der Waals surface area contributed by atoms with Gasteiger partial charge in [0.15, 0.2) is 4.80 Å². The van der Waals surface area contributed by atoms with Gasteiger partial charge < -0.3 is 9.30 Å². The molecule has 1 heterocycles. The first-order chi connectivity index (χ1) is 12.0. The van der Waals surface area contributed by atoms with Crippen molar-refractivity contribution < 1.29 is 14.3 Å². The molecule has 128 valence electrons. The molecule has 0 unspecified atom stereocenters. The first kappa shape index (κ1) is 17.1. The quantitative estimate of drug-likeness (QED) is 0.789. The molecule has 1 fully saturated rings. The zero-order chi connectivity index (χ0) is 18.0. The summed E-state index contributed by atoms with van der Waals surface area (Å²) in [5.41, 5.74) is 1.68. The van der Waals surface area contributed by atoms with Gasteiger partial charge in [-0.3, -0.25) is 4.79 Å². The minimum Gasteiger partial charge on any atom is -0.462 e. The first-order valence-corrected chi connectivity index (χ1v) is 8.85. The second-order valence-corrected chi connectivity index (χ2v) is 6.70. The summed E-state index contributed by atoms with van der Waals surface area (Å²) in [6, 6.07) is 8.63. The predicted molar refractivity (Wildman–Crippen MR) is 92.3 cm³/mol. The molecule has 1 aromatic carbocycles. The number of nitriles is 1. The number of thiazole rings is 1. The van der Waals surface area contributed by atoms with Gasteiger partial charge in [0.1, 0.15) is 4.88 Å². The highest BCUT2D eigenvalue weighted by molar-refractivity contribution is 7.11. The molecule has 25 heavy (non-hydrogen) atoms. The third-order valence-electron chi connectivity index (χ3n) is 3.92. The fourth-order valence-corrected chi connectivity index (χ4v) is 3.62. The van der Waals surface area contributed by atoms with Crippen LogP contribution >= 0.6 is 11.3 Å². The number of aromatic nitrogens is 1. The largest absolute Gasteiger partial charge is 0.462 e. The van der Waals surface area contributed by atoms with Gasteiger partial charge in [-0.2, -0.15) is 10.3 Å². The fourth-order valence-electron chi connectivity index (χ4n) is 2.53. The summed E-state index contributed by atoms with van der Waals surface area (Å²) in [5.74, 6) is -0.776. The summed E-state index contributed by atoms with van der Waals surface area (Å²) >= 11 is 1.18. The van der Waals surface area contributed by atoms with Crippen LogP contribution in [0.15, 0.2) is 29.3 Å². The summed E-state index contributed by atoms with van der Waals surface area (Å²) < 4.78 is 7.05. The SMILES string of the molecule is CCOC(=O)c1sc(=NC(=O)c2ccc(C#N)cc2)n(C2CC2)c1C. The normalized spacial score (nSPS) is 14.2. The number of nitrogens with zero attached hydrogens (tertiary/aromatic N) is 3. The van der Waals surface area contributed by atoms with Crippen molar-refractivity contribution in [3.05, 3.63) is 50.8 Å². The van der Waals surface area contributed by atoms with Crippen molar-refractivity contribution in [2.75, 3.05) is 6.61 Å². The number of ether oxygens (including phenoxy) is 1. The fraction of sp³-hybridized carbons (Fsp3) is 0.333. The van der Waals surface area contributed by atoms with E-state index < -0.39 is 5.91 Å². The lowest BCUT2D eigenvalue weighted by molar-refractivity contribution is 0.0530. The number of hydrogen-bond acceptors (Lipinski definition) is 5. The van der Waals surface area contributed by atoms with Crippen molar-refractivity contribution >= 4 is 23.2 Å². The van der Waals surface area contributed by atoms with Crippen molar-refractivity contribution in [1.82, 2.24) is 4.57 Å². The maximum atomic E-state index is 12.5. The van der Waals surface area contributed by atoms with E-state index in [-0.39, 0.29) is 12.0 Å². The molecule has 1 amide bonds. The Morgan fingerprint density at radius 2 is 2.04 bits per heavy atom. The number of amides is 1.